The van der Waals surface area contributed by atoms with Crippen molar-refractivity contribution >= 4 is 0 Å². The van der Waals surface area contributed by atoms with Crippen molar-refractivity contribution in [2.24, 2.45) is 5.92 Å². The standard InChI is InChI=1S/C14H20FNO/c1-14(17,10-11-5-7-16-8-6-11)12-3-2-4-13(15)9-12/h2-4,9,11,16-17H,5-8,10H2,1H3. The van der Waals surface area contributed by atoms with Crippen LogP contribution in [0.2, 0.25) is 0 Å². The van der Waals surface area contributed by atoms with Crippen LogP contribution in [0.3, 0.4) is 0 Å². The van der Waals surface area contributed by atoms with Crippen LogP contribution < -0.4 is 5.32 Å². The van der Waals surface area contributed by atoms with Crippen LogP contribution in [0.25, 0.3) is 0 Å². The van der Waals surface area contributed by atoms with E-state index in [2.05, 4.69) is 5.32 Å². The molecule has 0 radical (unpaired) electrons. The first-order chi connectivity index (χ1) is 8.08. The van der Waals surface area contributed by atoms with E-state index in [1.54, 1.807) is 19.1 Å². The molecule has 1 aromatic rings. The Kier molecular flexibility index (Phi) is 3.79. The van der Waals surface area contributed by atoms with E-state index in [0.29, 0.717) is 17.9 Å². The number of hydrogen-bond donors (Lipinski definition) is 2. The predicted molar refractivity (Wildman–Crippen MR) is 66.2 cm³/mol. The second-order valence-corrected chi connectivity index (χ2v) is 5.18. The van der Waals surface area contributed by atoms with Gasteiger partial charge in [-0.2, -0.15) is 0 Å². The number of piperidine rings is 1. The minimum Gasteiger partial charge on any atom is -0.385 e. The number of nitrogens with one attached hydrogen (secondary N) is 1. The summed E-state index contributed by atoms with van der Waals surface area (Å²) < 4.78 is 13.2. The van der Waals surface area contributed by atoms with Crippen LogP contribution in [0, 0.1) is 11.7 Å². The summed E-state index contributed by atoms with van der Waals surface area (Å²) in [6.07, 6.45) is 2.88. The van der Waals surface area contributed by atoms with Crippen LogP contribution in [0.4, 0.5) is 4.39 Å². The average Bonchev–Trinajstić information content (AvgIpc) is 2.30. The minimum atomic E-state index is -0.926. The van der Waals surface area contributed by atoms with Crippen molar-refractivity contribution in [3.05, 3.63) is 35.6 Å². The van der Waals surface area contributed by atoms with Gasteiger partial charge in [0.1, 0.15) is 5.82 Å². The lowest BCUT2D eigenvalue weighted by atomic mass is 9.82. The molecule has 1 aliphatic rings. The quantitative estimate of drug-likeness (QED) is 0.846. The monoisotopic (exact) mass is 237 g/mol. The lowest BCUT2D eigenvalue weighted by Crippen LogP contribution is -2.33. The van der Waals surface area contributed by atoms with Gasteiger partial charge in [0.15, 0.2) is 0 Å². The largest absolute Gasteiger partial charge is 0.385 e. The summed E-state index contributed by atoms with van der Waals surface area (Å²) in [5.41, 5.74) is -0.250. The fraction of sp³-hybridized carbons (Fsp3) is 0.571. The van der Waals surface area contributed by atoms with Crippen LogP contribution in [-0.4, -0.2) is 18.2 Å². The maximum Gasteiger partial charge on any atom is 0.123 e. The third-order valence-corrected chi connectivity index (χ3v) is 3.59. The van der Waals surface area contributed by atoms with Crippen LogP contribution in [0.15, 0.2) is 24.3 Å². The molecule has 0 aromatic heterocycles. The normalized spacial score (nSPS) is 21.1. The molecule has 2 rings (SSSR count). The van der Waals surface area contributed by atoms with Crippen LogP contribution in [0.5, 0.6) is 0 Å². The van der Waals surface area contributed by atoms with Crippen molar-refractivity contribution in [1.29, 1.82) is 0 Å². The molecule has 1 unspecified atom stereocenters. The maximum atomic E-state index is 13.2. The van der Waals surface area contributed by atoms with Gasteiger partial charge in [-0.3, -0.25) is 0 Å². The Balaban J connectivity index is 2.06. The third kappa shape index (κ3) is 3.27. The number of aliphatic hydroxyl groups is 1. The van der Waals surface area contributed by atoms with Crippen molar-refractivity contribution in [3.8, 4) is 0 Å². The third-order valence-electron chi connectivity index (χ3n) is 3.59. The number of rotatable bonds is 3. The second-order valence-electron chi connectivity index (χ2n) is 5.18. The molecule has 1 fully saturated rings. The van der Waals surface area contributed by atoms with Crippen molar-refractivity contribution in [2.45, 2.75) is 31.8 Å². The van der Waals surface area contributed by atoms with E-state index in [4.69, 9.17) is 0 Å². The topological polar surface area (TPSA) is 32.3 Å². The Morgan fingerprint density at radius 3 is 2.76 bits per heavy atom. The summed E-state index contributed by atoms with van der Waals surface area (Å²) in [4.78, 5) is 0. The van der Waals surface area contributed by atoms with Crippen LogP contribution >= 0.6 is 0 Å². The molecule has 1 atom stereocenters. The van der Waals surface area contributed by atoms with Gasteiger partial charge in [-0.25, -0.2) is 4.39 Å². The molecule has 0 spiro atoms. The molecular weight excluding hydrogens is 217 g/mol. The Bertz CT molecular complexity index is 372. The molecule has 0 bridgehead atoms. The molecular formula is C14H20FNO. The van der Waals surface area contributed by atoms with Crippen LogP contribution in [-0.2, 0) is 5.60 Å². The lowest BCUT2D eigenvalue weighted by molar-refractivity contribution is 0.0247. The Morgan fingerprint density at radius 1 is 1.41 bits per heavy atom. The summed E-state index contributed by atoms with van der Waals surface area (Å²) >= 11 is 0. The number of benzene rings is 1. The highest BCUT2D eigenvalue weighted by Crippen LogP contribution is 2.31. The molecule has 1 aliphatic heterocycles. The summed E-state index contributed by atoms with van der Waals surface area (Å²) in [5, 5.41) is 13.8. The SMILES string of the molecule is CC(O)(CC1CCNCC1)c1cccc(F)c1. The lowest BCUT2D eigenvalue weighted by Gasteiger charge is -2.31. The summed E-state index contributed by atoms with van der Waals surface area (Å²) in [5.74, 6) is 0.239. The van der Waals surface area contributed by atoms with Crippen molar-refractivity contribution in [3.63, 3.8) is 0 Å². The molecule has 0 aliphatic carbocycles. The zero-order chi connectivity index (χ0) is 12.3. The smallest absolute Gasteiger partial charge is 0.123 e. The van der Waals surface area contributed by atoms with E-state index in [1.165, 1.54) is 12.1 Å². The van der Waals surface area contributed by atoms with Crippen molar-refractivity contribution in [2.75, 3.05) is 13.1 Å². The predicted octanol–water partition coefficient (Wildman–Crippen LogP) is 2.42. The zero-order valence-corrected chi connectivity index (χ0v) is 10.2. The highest BCUT2D eigenvalue weighted by molar-refractivity contribution is 5.22. The molecule has 3 heteroatoms. The molecule has 1 aromatic carbocycles. The van der Waals surface area contributed by atoms with Gasteiger partial charge in [0.25, 0.3) is 0 Å². The molecule has 0 saturated carbocycles. The van der Waals surface area contributed by atoms with E-state index >= 15 is 0 Å². The van der Waals surface area contributed by atoms with E-state index in [1.807, 2.05) is 0 Å². The highest BCUT2D eigenvalue weighted by atomic mass is 19.1. The van der Waals surface area contributed by atoms with Gasteiger partial charge >= 0.3 is 0 Å². The van der Waals surface area contributed by atoms with Crippen molar-refractivity contribution in [1.82, 2.24) is 5.32 Å². The number of halogens is 1. The first kappa shape index (κ1) is 12.5. The van der Waals surface area contributed by atoms with E-state index in [-0.39, 0.29) is 5.82 Å². The molecule has 17 heavy (non-hydrogen) atoms. The molecule has 2 N–H and O–H groups in total. The van der Waals surface area contributed by atoms with Gasteiger partial charge in [-0.15, -0.1) is 0 Å². The van der Waals surface area contributed by atoms with E-state index < -0.39 is 5.60 Å². The molecule has 0 amide bonds. The van der Waals surface area contributed by atoms with E-state index in [9.17, 15) is 9.50 Å². The Labute approximate surface area is 102 Å². The number of hydrogen-bond acceptors (Lipinski definition) is 2. The average molecular weight is 237 g/mol. The molecule has 1 saturated heterocycles. The maximum absolute atomic E-state index is 13.2. The zero-order valence-electron chi connectivity index (χ0n) is 10.2. The molecule has 2 nitrogen and oxygen atoms in total. The van der Waals surface area contributed by atoms with Crippen LogP contribution in [0.1, 0.15) is 31.7 Å². The summed E-state index contributed by atoms with van der Waals surface area (Å²) in [6.45, 7) is 3.82. The van der Waals surface area contributed by atoms with Crippen molar-refractivity contribution < 1.29 is 9.50 Å². The van der Waals surface area contributed by atoms with Gasteiger partial charge < -0.3 is 10.4 Å². The molecule has 94 valence electrons. The summed E-state index contributed by atoms with van der Waals surface area (Å²) in [6, 6.07) is 6.29. The minimum absolute atomic E-state index is 0.284. The van der Waals surface area contributed by atoms with Gasteiger partial charge in [0, 0.05) is 0 Å². The molecule has 1 heterocycles. The van der Waals surface area contributed by atoms with Gasteiger partial charge in [0.2, 0.25) is 0 Å². The summed E-state index contributed by atoms with van der Waals surface area (Å²) in [7, 11) is 0. The van der Waals surface area contributed by atoms with Gasteiger partial charge in [-0.05, 0) is 62.9 Å². The fourth-order valence-electron chi connectivity index (χ4n) is 2.59. The second kappa shape index (κ2) is 5.15. The first-order valence-corrected chi connectivity index (χ1v) is 6.27. The van der Waals surface area contributed by atoms with Gasteiger partial charge in [0.05, 0.1) is 5.60 Å². The fourth-order valence-corrected chi connectivity index (χ4v) is 2.59. The first-order valence-electron chi connectivity index (χ1n) is 6.27. The van der Waals surface area contributed by atoms with E-state index in [0.717, 1.165) is 25.9 Å². The van der Waals surface area contributed by atoms with Gasteiger partial charge in [-0.1, -0.05) is 12.1 Å². The Morgan fingerprint density at radius 2 is 2.12 bits per heavy atom. The Hall–Kier alpha value is -0.930. The highest BCUT2D eigenvalue weighted by Gasteiger charge is 2.28.